The molecule has 0 atom stereocenters. The SMILES string of the molecule is COC(=O)Cc1cn(Cc2ccc(C(C)C)cc2)c2ccccc12. The molecule has 3 aromatic rings. The summed E-state index contributed by atoms with van der Waals surface area (Å²) in [4.78, 5) is 11.7. The average molecular weight is 321 g/mol. The van der Waals surface area contributed by atoms with Crippen LogP contribution in [0.25, 0.3) is 10.9 Å². The molecule has 1 aromatic heterocycles. The van der Waals surface area contributed by atoms with Gasteiger partial charge < -0.3 is 9.30 Å². The Morgan fingerprint density at radius 1 is 1.08 bits per heavy atom. The van der Waals surface area contributed by atoms with Crippen LogP contribution in [0.2, 0.25) is 0 Å². The smallest absolute Gasteiger partial charge is 0.310 e. The summed E-state index contributed by atoms with van der Waals surface area (Å²) in [5.41, 5.74) is 4.76. The predicted octanol–water partition coefficient (Wildman–Crippen LogP) is 4.53. The van der Waals surface area contributed by atoms with Crippen LogP contribution in [-0.4, -0.2) is 17.6 Å². The van der Waals surface area contributed by atoms with Crippen molar-refractivity contribution in [3.63, 3.8) is 0 Å². The Kier molecular flexibility index (Phi) is 4.70. The quantitative estimate of drug-likeness (QED) is 0.647. The summed E-state index contributed by atoms with van der Waals surface area (Å²) >= 11 is 0. The van der Waals surface area contributed by atoms with Crippen LogP contribution in [0, 0.1) is 0 Å². The molecule has 0 unspecified atom stereocenters. The van der Waals surface area contributed by atoms with Gasteiger partial charge in [-0.25, -0.2) is 0 Å². The van der Waals surface area contributed by atoms with Gasteiger partial charge in [-0.1, -0.05) is 56.3 Å². The molecule has 3 rings (SSSR count). The third-order valence-electron chi connectivity index (χ3n) is 4.43. The van der Waals surface area contributed by atoms with Gasteiger partial charge in [0.1, 0.15) is 0 Å². The normalized spacial score (nSPS) is 11.2. The second kappa shape index (κ2) is 6.91. The molecule has 0 bridgehead atoms. The van der Waals surface area contributed by atoms with E-state index in [1.807, 2.05) is 12.1 Å². The molecule has 0 saturated carbocycles. The number of fused-ring (bicyclic) bond motifs is 1. The lowest BCUT2D eigenvalue weighted by molar-refractivity contribution is -0.139. The van der Waals surface area contributed by atoms with Crippen molar-refractivity contribution in [2.45, 2.75) is 32.7 Å². The monoisotopic (exact) mass is 321 g/mol. The van der Waals surface area contributed by atoms with Gasteiger partial charge in [-0.15, -0.1) is 0 Å². The first-order valence-corrected chi connectivity index (χ1v) is 8.31. The summed E-state index contributed by atoms with van der Waals surface area (Å²) < 4.78 is 7.02. The van der Waals surface area contributed by atoms with E-state index in [4.69, 9.17) is 4.74 Å². The van der Waals surface area contributed by atoms with Gasteiger partial charge in [0.2, 0.25) is 0 Å². The zero-order valence-corrected chi connectivity index (χ0v) is 14.5. The van der Waals surface area contributed by atoms with Crippen molar-refractivity contribution in [2.24, 2.45) is 0 Å². The van der Waals surface area contributed by atoms with E-state index >= 15 is 0 Å². The first-order chi connectivity index (χ1) is 11.6. The summed E-state index contributed by atoms with van der Waals surface area (Å²) in [7, 11) is 1.43. The van der Waals surface area contributed by atoms with Gasteiger partial charge in [-0.2, -0.15) is 0 Å². The number of carbonyl (C=O) groups excluding carboxylic acids is 1. The summed E-state index contributed by atoms with van der Waals surface area (Å²) in [5.74, 6) is 0.331. The van der Waals surface area contributed by atoms with E-state index in [9.17, 15) is 4.79 Å². The lowest BCUT2D eigenvalue weighted by atomic mass is 10.0. The second-order valence-electron chi connectivity index (χ2n) is 6.45. The first-order valence-electron chi connectivity index (χ1n) is 8.31. The molecule has 0 amide bonds. The maximum absolute atomic E-state index is 11.7. The van der Waals surface area contributed by atoms with Crippen LogP contribution < -0.4 is 0 Å². The van der Waals surface area contributed by atoms with Gasteiger partial charge in [-0.05, 0) is 28.7 Å². The van der Waals surface area contributed by atoms with Crippen LogP contribution in [0.15, 0.2) is 54.7 Å². The van der Waals surface area contributed by atoms with Gasteiger partial charge in [-0.3, -0.25) is 4.79 Å². The molecular formula is C21H23NO2. The number of ether oxygens (including phenoxy) is 1. The van der Waals surface area contributed by atoms with E-state index in [0.29, 0.717) is 12.3 Å². The Labute approximate surface area is 142 Å². The van der Waals surface area contributed by atoms with Crippen LogP contribution >= 0.6 is 0 Å². The Morgan fingerprint density at radius 3 is 2.46 bits per heavy atom. The van der Waals surface area contributed by atoms with Crippen LogP contribution in [-0.2, 0) is 22.5 Å². The minimum absolute atomic E-state index is 0.209. The molecule has 0 spiro atoms. The number of para-hydroxylation sites is 1. The zero-order valence-electron chi connectivity index (χ0n) is 14.5. The minimum Gasteiger partial charge on any atom is -0.469 e. The molecule has 2 aromatic carbocycles. The lowest BCUT2D eigenvalue weighted by Crippen LogP contribution is -2.04. The third-order valence-corrected chi connectivity index (χ3v) is 4.43. The van der Waals surface area contributed by atoms with E-state index in [2.05, 4.69) is 61.0 Å². The Bertz CT molecular complexity index is 844. The van der Waals surface area contributed by atoms with Gasteiger partial charge in [0.05, 0.1) is 13.5 Å². The number of nitrogens with zero attached hydrogens (tertiary/aromatic N) is 1. The number of aromatic nitrogens is 1. The number of esters is 1. The second-order valence-corrected chi connectivity index (χ2v) is 6.45. The molecule has 0 saturated heterocycles. The van der Waals surface area contributed by atoms with Crippen LogP contribution in [0.5, 0.6) is 0 Å². The Hall–Kier alpha value is -2.55. The van der Waals surface area contributed by atoms with Crippen molar-refractivity contribution in [3.8, 4) is 0 Å². The number of methoxy groups -OCH3 is 1. The zero-order chi connectivity index (χ0) is 17.1. The molecule has 1 heterocycles. The standard InChI is InChI=1S/C21H23NO2/c1-15(2)17-10-8-16(9-11-17)13-22-14-18(12-21(23)24-3)19-6-4-5-7-20(19)22/h4-11,14-15H,12-13H2,1-3H3. The highest BCUT2D eigenvalue weighted by Crippen LogP contribution is 2.23. The van der Waals surface area contributed by atoms with Crippen LogP contribution in [0.4, 0.5) is 0 Å². The Balaban J connectivity index is 1.93. The fourth-order valence-corrected chi connectivity index (χ4v) is 3.03. The maximum atomic E-state index is 11.7. The van der Waals surface area contributed by atoms with Crippen molar-refractivity contribution in [2.75, 3.05) is 7.11 Å². The summed E-state index contributed by atoms with van der Waals surface area (Å²) in [6.45, 7) is 5.20. The van der Waals surface area contributed by atoms with Gasteiger partial charge >= 0.3 is 5.97 Å². The van der Waals surface area contributed by atoms with Crippen molar-refractivity contribution < 1.29 is 9.53 Å². The van der Waals surface area contributed by atoms with Gasteiger partial charge in [0, 0.05) is 23.6 Å². The topological polar surface area (TPSA) is 31.2 Å². The van der Waals surface area contributed by atoms with Crippen LogP contribution in [0.1, 0.15) is 36.5 Å². The lowest BCUT2D eigenvalue weighted by Gasteiger charge is -2.09. The Morgan fingerprint density at radius 2 is 1.79 bits per heavy atom. The molecule has 0 aliphatic rings. The summed E-state index contributed by atoms with van der Waals surface area (Å²) in [5, 5.41) is 1.11. The average Bonchev–Trinajstić information content (AvgIpc) is 2.93. The summed E-state index contributed by atoms with van der Waals surface area (Å²) in [6, 6.07) is 17.0. The molecular weight excluding hydrogens is 298 g/mol. The number of hydrogen-bond donors (Lipinski definition) is 0. The minimum atomic E-state index is -0.209. The van der Waals surface area contributed by atoms with E-state index in [1.165, 1.54) is 18.2 Å². The molecule has 24 heavy (non-hydrogen) atoms. The van der Waals surface area contributed by atoms with Gasteiger partial charge in [0.15, 0.2) is 0 Å². The third kappa shape index (κ3) is 3.35. The number of hydrogen-bond acceptors (Lipinski definition) is 2. The highest BCUT2D eigenvalue weighted by molar-refractivity contribution is 5.88. The van der Waals surface area contributed by atoms with E-state index < -0.39 is 0 Å². The highest BCUT2D eigenvalue weighted by Gasteiger charge is 2.12. The highest BCUT2D eigenvalue weighted by atomic mass is 16.5. The van der Waals surface area contributed by atoms with E-state index in [-0.39, 0.29) is 5.97 Å². The first kappa shape index (κ1) is 16.3. The molecule has 0 aliphatic carbocycles. The molecule has 0 N–H and O–H groups in total. The van der Waals surface area contributed by atoms with Crippen molar-refractivity contribution in [3.05, 3.63) is 71.4 Å². The molecule has 124 valence electrons. The van der Waals surface area contributed by atoms with Crippen molar-refractivity contribution >= 4 is 16.9 Å². The summed E-state index contributed by atoms with van der Waals surface area (Å²) in [6.07, 6.45) is 2.37. The number of carbonyl (C=O) groups is 1. The fourth-order valence-electron chi connectivity index (χ4n) is 3.03. The molecule has 3 heteroatoms. The molecule has 0 radical (unpaired) electrons. The largest absolute Gasteiger partial charge is 0.469 e. The molecule has 3 nitrogen and oxygen atoms in total. The number of benzene rings is 2. The maximum Gasteiger partial charge on any atom is 0.310 e. The molecule has 0 aliphatic heterocycles. The van der Waals surface area contributed by atoms with Crippen LogP contribution in [0.3, 0.4) is 0 Å². The van der Waals surface area contributed by atoms with Crippen molar-refractivity contribution in [1.82, 2.24) is 4.57 Å². The number of rotatable bonds is 5. The van der Waals surface area contributed by atoms with E-state index in [1.54, 1.807) is 0 Å². The van der Waals surface area contributed by atoms with Gasteiger partial charge in [0.25, 0.3) is 0 Å². The fraction of sp³-hybridized carbons (Fsp3) is 0.286. The predicted molar refractivity (Wildman–Crippen MR) is 97.3 cm³/mol. The van der Waals surface area contributed by atoms with Crippen molar-refractivity contribution in [1.29, 1.82) is 0 Å². The molecule has 0 fully saturated rings. The van der Waals surface area contributed by atoms with E-state index in [0.717, 1.165) is 23.0 Å².